The first-order valence-corrected chi connectivity index (χ1v) is 41.4. The van der Waals surface area contributed by atoms with Crippen molar-refractivity contribution < 1.29 is 80.2 Å². The van der Waals surface area contributed by atoms with Gasteiger partial charge in [0, 0.05) is 25.7 Å². The number of ether oxygens (including phenoxy) is 4. The third-order valence-electron chi connectivity index (χ3n) is 15.2. The first kappa shape index (κ1) is 96.4. The number of carbonyl (C=O) groups is 4. The third kappa shape index (κ3) is 72.8. The molecule has 0 aliphatic heterocycles. The lowest BCUT2D eigenvalue weighted by Crippen LogP contribution is -2.30. The van der Waals surface area contributed by atoms with Crippen LogP contribution in [0.15, 0.2) is 170 Å². The van der Waals surface area contributed by atoms with Crippen molar-refractivity contribution in [2.75, 3.05) is 39.6 Å². The van der Waals surface area contributed by atoms with Gasteiger partial charge in [-0.3, -0.25) is 37.3 Å². The monoisotopic (exact) mass is 1460 g/mol. The molecule has 0 radical (unpaired) electrons. The summed E-state index contributed by atoms with van der Waals surface area (Å²) in [5.41, 5.74) is 0. The summed E-state index contributed by atoms with van der Waals surface area (Å²) in [5.74, 6) is -2.37. The third-order valence-corrected chi connectivity index (χ3v) is 17.1. The van der Waals surface area contributed by atoms with Crippen LogP contribution in [0.25, 0.3) is 0 Å². The number of allylic oxidation sites excluding steroid dienone is 28. The van der Waals surface area contributed by atoms with E-state index in [1.807, 2.05) is 30.4 Å². The smallest absolute Gasteiger partial charge is 0.462 e. The number of hydrogen-bond donors (Lipinski definition) is 3. The van der Waals surface area contributed by atoms with Crippen molar-refractivity contribution in [3.8, 4) is 0 Å². The molecule has 0 rings (SSSR count). The van der Waals surface area contributed by atoms with Gasteiger partial charge in [-0.25, -0.2) is 9.13 Å². The molecule has 0 spiro atoms. The molecule has 0 aliphatic carbocycles. The number of aliphatic hydroxyl groups excluding tert-OH is 1. The Morgan fingerprint density at radius 3 is 0.873 bits per heavy atom. The van der Waals surface area contributed by atoms with Crippen LogP contribution in [0.2, 0.25) is 0 Å². The van der Waals surface area contributed by atoms with Gasteiger partial charge in [0.2, 0.25) is 0 Å². The normalized spacial score (nSPS) is 14.9. The Morgan fingerprint density at radius 1 is 0.284 bits per heavy atom. The zero-order chi connectivity index (χ0) is 74.6. The van der Waals surface area contributed by atoms with Gasteiger partial charge in [0.15, 0.2) is 12.2 Å². The van der Waals surface area contributed by atoms with Gasteiger partial charge in [-0.15, -0.1) is 0 Å². The highest BCUT2D eigenvalue weighted by Crippen LogP contribution is 2.45. The largest absolute Gasteiger partial charge is 0.472 e. The molecule has 0 amide bonds. The minimum absolute atomic E-state index is 0.0255. The number of aliphatic hydroxyl groups is 1. The number of hydrogen-bond acceptors (Lipinski definition) is 15. The molecule has 0 bridgehead atoms. The molecule has 0 fully saturated rings. The highest BCUT2D eigenvalue weighted by molar-refractivity contribution is 7.47. The van der Waals surface area contributed by atoms with Crippen molar-refractivity contribution in [1.29, 1.82) is 0 Å². The van der Waals surface area contributed by atoms with Crippen molar-refractivity contribution in [3.63, 3.8) is 0 Å². The molecular weight excluding hydrogens is 1330 g/mol. The molecule has 0 aromatic heterocycles. The Kier molecular flexibility index (Phi) is 69.7. The van der Waals surface area contributed by atoms with E-state index in [1.54, 1.807) is 0 Å². The molecule has 0 saturated heterocycles. The van der Waals surface area contributed by atoms with Gasteiger partial charge in [0.05, 0.1) is 26.4 Å². The van der Waals surface area contributed by atoms with E-state index in [0.717, 1.165) is 141 Å². The highest BCUT2D eigenvalue weighted by Gasteiger charge is 2.30. The predicted octanol–water partition coefficient (Wildman–Crippen LogP) is 22.2. The number of phosphoric acid groups is 2. The van der Waals surface area contributed by atoms with Crippen LogP contribution in [0.4, 0.5) is 0 Å². The Bertz CT molecular complexity index is 2600. The summed E-state index contributed by atoms with van der Waals surface area (Å²) in [4.78, 5) is 72.8. The molecule has 3 N–H and O–H groups in total. The Morgan fingerprint density at radius 2 is 0.539 bits per heavy atom. The van der Waals surface area contributed by atoms with Gasteiger partial charge in [0.25, 0.3) is 0 Å². The standard InChI is InChI=1S/C83H134O17P2/c1-5-9-13-17-21-25-29-32-35-37-38-40-43-45-49-52-56-60-64-68-81(86)94-74-79(100-83(88)70-66-62-58-54-50-46-41-34-31-27-23-19-15-11-7-3)76-98-102(91,92)96-72-77(84)71-95-101(89,90)97-75-78(99-82(87)69-65-61-57-53-47-28-24-20-16-12-8-4)73-93-80(85)67-63-59-55-51-48-44-42-39-36-33-30-26-22-18-14-10-6-2/h9-11,13-15,21-23,25-27,32-36,38,40-42,44-45,49,51,55-56,60,77-79,84H,5-8,12,16-20,24,28-31,37,39,43,46-48,50,52-54,57-59,61-76H2,1-4H3,(H,89,90)(H,91,92)/b13-9-,14-10-,15-11-,25-21-,26-22-,27-23-,35-32-,36-33-,40-38-,41-34-,44-42-,49-45-,55-51-,60-56-. The summed E-state index contributed by atoms with van der Waals surface area (Å²) < 4.78 is 68.3. The fraction of sp³-hybridized carbons (Fsp3) is 0.614. The van der Waals surface area contributed by atoms with Crippen LogP contribution in [0.5, 0.6) is 0 Å². The lowest BCUT2D eigenvalue weighted by molar-refractivity contribution is -0.161. The SMILES string of the molecule is CC/C=C\C/C=C\C/C=C\C/C=C\C/C=C\C/C=C\CCC(=O)OCC(COP(=O)(O)OCC(O)COP(=O)(O)OCC(COC(=O)CCC/C=C\C/C=C\C/C=C\C/C=C\C/C=C\CC)OC(=O)CCCCCCCCCCCCC)OC(=O)CCCCCCC/C=C\C/C=C\C/C=C\CC. The molecule has 0 saturated carbocycles. The van der Waals surface area contributed by atoms with Crippen molar-refractivity contribution in [3.05, 3.63) is 170 Å². The minimum atomic E-state index is -5.01. The van der Waals surface area contributed by atoms with E-state index < -0.39 is 97.5 Å². The van der Waals surface area contributed by atoms with Gasteiger partial charge in [-0.1, -0.05) is 281 Å². The molecule has 17 nitrogen and oxygen atoms in total. The Labute approximate surface area is 616 Å². The van der Waals surface area contributed by atoms with Crippen LogP contribution in [-0.4, -0.2) is 96.7 Å². The topological polar surface area (TPSA) is 237 Å². The summed E-state index contributed by atoms with van der Waals surface area (Å²) in [7, 11) is -10.0. The van der Waals surface area contributed by atoms with Crippen molar-refractivity contribution in [2.24, 2.45) is 0 Å². The Balaban J connectivity index is 5.47. The molecule has 102 heavy (non-hydrogen) atoms. The van der Waals surface area contributed by atoms with Crippen LogP contribution in [-0.2, 0) is 65.4 Å². The number of esters is 4. The molecule has 0 aliphatic rings. The van der Waals surface area contributed by atoms with Gasteiger partial charge >= 0.3 is 39.5 Å². The minimum Gasteiger partial charge on any atom is -0.462 e. The highest BCUT2D eigenvalue weighted by atomic mass is 31.2. The summed E-state index contributed by atoms with van der Waals surface area (Å²) in [6, 6.07) is 0. The zero-order valence-corrected chi connectivity index (χ0v) is 64.8. The molecule has 578 valence electrons. The molecular formula is C83H134O17P2. The Hall–Kier alpha value is -5.58. The average molecular weight is 1470 g/mol. The van der Waals surface area contributed by atoms with Crippen LogP contribution in [0, 0.1) is 0 Å². The first-order chi connectivity index (χ1) is 49.7. The summed E-state index contributed by atoms with van der Waals surface area (Å²) in [6.07, 6.45) is 86.6. The average Bonchev–Trinajstić information content (AvgIpc) is 0.939. The van der Waals surface area contributed by atoms with Crippen LogP contribution in [0.3, 0.4) is 0 Å². The van der Waals surface area contributed by atoms with Gasteiger partial charge in [-0.05, 0) is 135 Å². The van der Waals surface area contributed by atoms with E-state index in [-0.39, 0.29) is 25.7 Å². The van der Waals surface area contributed by atoms with Gasteiger partial charge < -0.3 is 33.8 Å². The maximum Gasteiger partial charge on any atom is 0.472 e. The fourth-order valence-electron chi connectivity index (χ4n) is 9.47. The van der Waals surface area contributed by atoms with Gasteiger partial charge in [-0.2, -0.15) is 0 Å². The molecule has 0 aromatic rings. The second-order valence-electron chi connectivity index (χ2n) is 24.8. The van der Waals surface area contributed by atoms with Gasteiger partial charge in [0.1, 0.15) is 19.3 Å². The van der Waals surface area contributed by atoms with Crippen LogP contribution >= 0.6 is 15.6 Å². The number of unbranched alkanes of at least 4 members (excludes halogenated alkanes) is 16. The summed E-state index contributed by atoms with van der Waals surface area (Å²) in [5, 5.41) is 10.6. The predicted molar refractivity (Wildman–Crippen MR) is 417 cm³/mol. The molecule has 5 atom stereocenters. The second kappa shape index (κ2) is 73.7. The molecule has 0 aromatic carbocycles. The van der Waals surface area contributed by atoms with Crippen LogP contribution in [0.1, 0.15) is 272 Å². The lowest BCUT2D eigenvalue weighted by Gasteiger charge is -2.21. The summed E-state index contributed by atoms with van der Waals surface area (Å²) >= 11 is 0. The fourth-order valence-corrected chi connectivity index (χ4v) is 11.1. The number of phosphoric ester groups is 2. The van der Waals surface area contributed by atoms with E-state index in [4.69, 9.17) is 37.0 Å². The van der Waals surface area contributed by atoms with Crippen molar-refractivity contribution >= 4 is 39.5 Å². The molecule has 0 heterocycles. The van der Waals surface area contributed by atoms with E-state index >= 15 is 0 Å². The van der Waals surface area contributed by atoms with E-state index in [1.165, 1.54) is 38.5 Å². The second-order valence-corrected chi connectivity index (χ2v) is 27.7. The molecule has 19 heteroatoms. The maximum atomic E-state index is 13.1. The number of rotatable bonds is 70. The number of carbonyl (C=O) groups excluding carboxylic acids is 4. The summed E-state index contributed by atoms with van der Waals surface area (Å²) in [6.45, 7) is 4.33. The lowest BCUT2D eigenvalue weighted by atomic mass is 10.1. The first-order valence-electron chi connectivity index (χ1n) is 38.4. The molecule has 5 unspecified atom stereocenters. The van der Waals surface area contributed by atoms with Crippen molar-refractivity contribution in [2.45, 2.75) is 290 Å². The maximum absolute atomic E-state index is 13.1. The van der Waals surface area contributed by atoms with E-state index in [2.05, 4.69) is 167 Å². The van der Waals surface area contributed by atoms with E-state index in [9.17, 15) is 43.2 Å². The zero-order valence-electron chi connectivity index (χ0n) is 63.0. The van der Waals surface area contributed by atoms with E-state index in [0.29, 0.717) is 38.5 Å². The quantitative estimate of drug-likeness (QED) is 0.0169. The van der Waals surface area contributed by atoms with Crippen molar-refractivity contribution in [1.82, 2.24) is 0 Å². The van der Waals surface area contributed by atoms with Crippen LogP contribution < -0.4 is 0 Å².